The molecule has 0 radical (unpaired) electrons. The Bertz CT molecular complexity index is 168. The van der Waals surface area contributed by atoms with E-state index in [0.717, 1.165) is 12.8 Å². The van der Waals surface area contributed by atoms with Crippen molar-refractivity contribution in [3.05, 3.63) is 0 Å². The van der Waals surface area contributed by atoms with Crippen LogP contribution in [0.1, 0.15) is 19.8 Å². The van der Waals surface area contributed by atoms with Crippen LogP contribution in [-0.4, -0.2) is 24.0 Å². The van der Waals surface area contributed by atoms with Crippen LogP contribution in [0.3, 0.4) is 0 Å². The molecule has 1 saturated carbocycles. The summed E-state index contributed by atoms with van der Waals surface area (Å²) in [7, 11) is 0. The zero-order valence-corrected chi connectivity index (χ0v) is 7.99. The Morgan fingerprint density at radius 1 is 1.67 bits per heavy atom. The molecule has 1 aliphatic carbocycles. The maximum atomic E-state index is 11.1. The lowest BCUT2D eigenvalue weighted by atomic mass is 10.2. The molecule has 72 valence electrons. The summed E-state index contributed by atoms with van der Waals surface area (Å²) in [6.07, 6.45) is 1.61. The molecule has 1 fully saturated rings. The predicted octanol–water partition coefficient (Wildman–Crippen LogP) is -0.637. The molecule has 1 rings (SSSR count). The third-order valence-electron chi connectivity index (χ3n) is 1.83. The van der Waals surface area contributed by atoms with E-state index in [-0.39, 0.29) is 24.4 Å². The lowest BCUT2D eigenvalue weighted by molar-refractivity contribution is -0.123. The van der Waals surface area contributed by atoms with Gasteiger partial charge in [-0.25, -0.2) is 0 Å². The monoisotopic (exact) mass is 193 g/mol. The van der Waals surface area contributed by atoms with Crippen LogP contribution in [0.25, 0.3) is 0 Å². The van der Waals surface area contributed by atoms with Crippen LogP contribution < -0.4 is 16.8 Å². The molecule has 1 atom stereocenters. The maximum Gasteiger partial charge on any atom is 0.240 e. The Kier molecular flexibility index (Phi) is 3.96. The number of hydrogen-bond acceptors (Lipinski definition) is 3. The zero-order valence-electron chi connectivity index (χ0n) is 7.17. The van der Waals surface area contributed by atoms with Gasteiger partial charge in [0, 0.05) is 12.6 Å². The highest BCUT2D eigenvalue weighted by Gasteiger charge is 2.45. The second-order valence-corrected chi connectivity index (χ2v) is 3.34. The molecule has 0 spiro atoms. The number of hydrogen-bond donors (Lipinski definition) is 3. The van der Waals surface area contributed by atoms with E-state index in [0.29, 0.717) is 6.54 Å². The van der Waals surface area contributed by atoms with Gasteiger partial charge < -0.3 is 16.8 Å². The minimum atomic E-state index is -0.561. The molecule has 0 bridgehead atoms. The lowest BCUT2D eigenvalue weighted by Crippen LogP contribution is -2.46. The van der Waals surface area contributed by atoms with Crippen LogP contribution in [-0.2, 0) is 4.79 Å². The van der Waals surface area contributed by atoms with Crippen molar-refractivity contribution >= 4 is 18.3 Å². The first-order valence-electron chi connectivity index (χ1n) is 3.87. The largest absolute Gasteiger partial charge is 0.353 e. The average Bonchev–Trinajstić information content (AvgIpc) is 2.64. The van der Waals surface area contributed by atoms with Crippen LogP contribution in [0.2, 0.25) is 0 Å². The van der Waals surface area contributed by atoms with E-state index in [1.165, 1.54) is 0 Å². The van der Waals surface area contributed by atoms with Gasteiger partial charge in [0.25, 0.3) is 0 Å². The van der Waals surface area contributed by atoms with E-state index in [1.54, 1.807) is 0 Å². The molecule has 5 N–H and O–H groups in total. The number of nitrogens with two attached hydrogens (primary N) is 2. The molecule has 1 aliphatic rings. The van der Waals surface area contributed by atoms with Crippen LogP contribution in [0.4, 0.5) is 0 Å². The van der Waals surface area contributed by atoms with Crippen molar-refractivity contribution < 1.29 is 4.79 Å². The predicted molar refractivity (Wildman–Crippen MR) is 50.1 cm³/mol. The van der Waals surface area contributed by atoms with Gasteiger partial charge in [0.15, 0.2) is 0 Å². The van der Waals surface area contributed by atoms with Crippen molar-refractivity contribution in [2.24, 2.45) is 11.5 Å². The number of halogens is 1. The van der Waals surface area contributed by atoms with Crippen molar-refractivity contribution in [1.29, 1.82) is 0 Å². The highest BCUT2D eigenvalue weighted by molar-refractivity contribution is 5.88. The first-order chi connectivity index (χ1) is 5.04. The van der Waals surface area contributed by atoms with E-state index in [9.17, 15) is 4.79 Å². The third kappa shape index (κ3) is 2.97. The Morgan fingerprint density at radius 3 is 2.50 bits per heavy atom. The van der Waals surface area contributed by atoms with Crippen molar-refractivity contribution in [2.45, 2.75) is 31.3 Å². The number of carbonyl (C=O) groups is 1. The molecule has 1 unspecified atom stereocenters. The Balaban J connectivity index is 0.00000121. The third-order valence-corrected chi connectivity index (χ3v) is 1.83. The molecule has 1 amide bonds. The van der Waals surface area contributed by atoms with E-state index in [1.807, 2.05) is 6.92 Å². The second kappa shape index (κ2) is 4.07. The molecule has 0 saturated heterocycles. The molecule has 12 heavy (non-hydrogen) atoms. The van der Waals surface area contributed by atoms with Gasteiger partial charge >= 0.3 is 0 Å². The smallest absolute Gasteiger partial charge is 0.240 e. The lowest BCUT2D eigenvalue weighted by Gasteiger charge is -2.11. The van der Waals surface area contributed by atoms with Crippen molar-refractivity contribution in [3.8, 4) is 0 Å². The van der Waals surface area contributed by atoms with E-state index in [4.69, 9.17) is 11.5 Å². The first-order valence-corrected chi connectivity index (χ1v) is 3.87. The Labute approximate surface area is 78.5 Å². The fraction of sp³-hybridized carbons (Fsp3) is 0.857. The minimum Gasteiger partial charge on any atom is -0.353 e. The molecule has 5 heteroatoms. The Hall–Kier alpha value is -0.320. The van der Waals surface area contributed by atoms with Crippen LogP contribution in [0.15, 0.2) is 0 Å². The summed E-state index contributed by atoms with van der Waals surface area (Å²) in [6, 6.07) is 0.00120. The van der Waals surface area contributed by atoms with Gasteiger partial charge in [0.1, 0.15) is 0 Å². The van der Waals surface area contributed by atoms with Crippen molar-refractivity contribution in [1.82, 2.24) is 5.32 Å². The zero-order chi connectivity index (χ0) is 8.48. The molecule has 0 aromatic heterocycles. The van der Waals surface area contributed by atoms with Crippen LogP contribution >= 0.6 is 12.4 Å². The van der Waals surface area contributed by atoms with Gasteiger partial charge in [-0.1, -0.05) is 0 Å². The summed E-state index contributed by atoms with van der Waals surface area (Å²) in [6.45, 7) is 2.36. The standard InChI is InChI=1S/C7H15N3O.ClH/c1-5(8)4-10-6(11)7(9)2-3-7;/h5H,2-4,8-9H2,1H3,(H,10,11);1H. The van der Waals surface area contributed by atoms with Crippen LogP contribution in [0, 0.1) is 0 Å². The normalized spacial score (nSPS) is 20.6. The first kappa shape index (κ1) is 11.7. The van der Waals surface area contributed by atoms with E-state index in [2.05, 4.69) is 5.32 Å². The SMILES string of the molecule is CC(N)CNC(=O)C1(N)CC1.Cl. The van der Waals surface area contributed by atoms with Crippen molar-refractivity contribution in [3.63, 3.8) is 0 Å². The fourth-order valence-corrected chi connectivity index (χ4v) is 0.791. The van der Waals surface area contributed by atoms with Crippen molar-refractivity contribution in [2.75, 3.05) is 6.54 Å². The average molecular weight is 194 g/mol. The number of carbonyl (C=O) groups excluding carboxylic acids is 1. The second-order valence-electron chi connectivity index (χ2n) is 3.34. The summed E-state index contributed by atoms with van der Waals surface area (Å²) >= 11 is 0. The summed E-state index contributed by atoms with van der Waals surface area (Å²) < 4.78 is 0. The topological polar surface area (TPSA) is 81.1 Å². The molecular weight excluding hydrogens is 178 g/mol. The number of nitrogens with one attached hydrogen (secondary N) is 1. The molecular formula is C7H16ClN3O. The number of rotatable bonds is 3. The van der Waals surface area contributed by atoms with Gasteiger partial charge in [0.2, 0.25) is 5.91 Å². The highest BCUT2D eigenvalue weighted by atomic mass is 35.5. The number of amides is 1. The molecule has 0 aliphatic heterocycles. The van der Waals surface area contributed by atoms with E-state index >= 15 is 0 Å². The summed E-state index contributed by atoms with van der Waals surface area (Å²) in [5.41, 5.74) is 10.5. The summed E-state index contributed by atoms with van der Waals surface area (Å²) in [5, 5.41) is 2.70. The molecule has 0 aromatic carbocycles. The van der Waals surface area contributed by atoms with Gasteiger partial charge in [0.05, 0.1) is 5.54 Å². The molecule has 4 nitrogen and oxygen atoms in total. The minimum absolute atomic E-state index is 0. The Morgan fingerprint density at radius 2 is 2.17 bits per heavy atom. The fourth-order valence-electron chi connectivity index (χ4n) is 0.791. The van der Waals surface area contributed by atoms with E-state index < -0.39 is 5.54 Å². The van der Waals surface area contributed by atoms with Gasteiger partial charge in [-0.05, 0) is 19.8 Å². The summed E-state index contributed by atoms with van der Waals surface area (Å²) in [5.74, 6) is -0.0604. The van der Waals surface area contributed by atoms with Crippen LogP contribution in [0.5, 0.6) is 0 Å². The summed E-state index contributed by atoms with van der Waals surface area (Å²) in [4.78, 5) is 11.1. The van der Waals surface area contributed by atoms with Gasteiger partial charge in [-0.2, -0.15) is 0 Å². The highest BCUT2D eigenvalue weighted by Crippen LogP contribution is 2.31. The maximum absolute atomic E-state index is 11.1. The quantitative estimate of drug-likeness (QED) is 0.558. The molecule has 0 aromatic rings. The van der Waals surface area contributed by atoms with Gasteiger partial charge in [-0.15, -0.1) is 12.4 Å². The molecule has 0 heterocycles. The van der Waals surface area contributed by atoms with Gasteiger partial charge in [-0.3, -0.25) is 4.79 Å².